The molecule has 2 aromatic carbocycles. The van der Waals surface area contributed by atoms with Crippen LogP contribution in [0.5, 0.6) is 5.75 Å². The molecule has 0 atom stereocenters. The van der Waals surface area contributed by atoms with Crippen molar-refractivity contribution in [2.75, 3.05) is 31.0 Å². The van der Waals surface area contributed by atoms with Crippen LogP contribution in [0.25, 0.3) is 16.3 Å². The Labute approximate surface area is 155 Å². The standard InChI is InChI=1S/C18H18FN3O4S/c1-21-6-4-11(5-7-21)12-2-3-13-9-15(23)18(17(19)14(13)8-12)22-10-16(24)20-27(22,25)26/h2-4,8-9,23H,5-7,10H2,1H3,(H,20,24). The maximum Gasteiger partial charge on any atom is 0.326 e. The molecule has 0 saturated carbocycles. The Hall–Kier alpha value is -2.65. The summed E-state index contributed by atoms with van der Waals surface area (Å²) in [5, 5.41) is 10.8. The molecule has 27 heavy (non-hydrogen) atoms. The average molecular weight is 391 g/mol. The highest BCUT2D eigenvalue weighted by Gasteiger charge is 2.37. The van der Waals surface area contributed by atoms with Crippen LogP contribution in [0.4, 0.5) is 10.1 Å². The molecule has 1 saturated heterocycles. The van der Waals surface area contributed by atoms with E-state index in [-0.39, 0.29) is 5.39 Å². The lowest BCUT2D eigenvalue weighted by Crippen LogP contribution is -2.30. The maximum atomic E-state index is 15.2. The first-order valence-electron chi connectivity index (χ1n) is 8.43. The van der Waals surface area contributed by atoms with E-state index in [0.29, 0.717) is 9.69 Å². The van der Waals surface area contributed by atoms with E-state index >= 15 is 4.39 Å². The topological polar surface area (TPSA) is 89.9 Å². The van der Waals surface area contributed by atoms with Crippen molar-refractivity contribution in [3.8, 4) is 5.75 Å². The molecule has 7 nitrogen and oxygen atoms in total. The van der Waals surface area contributed by atoms with Gasteiger partial charge in [0.15, 0.2) is 5.82 Å². The Morgan fingerprint density at radius 2 is 2.04 bits per heavy atom. The first-order chi connectivity index (χ1) is 12.8. The molecule has 0 unspecified atom stereocenters. The van der Waals surface area contributed by atoms with Crippen molar-refractivity contribution < 1.29 is 22.7 Å². The number of hydrogen-bond donors (Lipinski definition) is 2. The van der Waals surface area contributed by atoms with Crippen LogP contribution < -0.4 is 9.03 Å². The molecule has 4 rings (SSSR count). The lowest BCUT2D eigenvalue weighted by atomic mass is 9.96. The lowest BCUT2D eigenvalue weighted by molar-refractivity contribution is -0.117. The highest BCUT2D eigenvalue weighted by atomic mass is 32.2. The van der Waals surface area contributed by atoms with Gasteiger partial charge < -0.3 is 10.0 Å². The van der Waals surface area contributed by atoms with Crippen molar-refractivity contribution >= 4 is 38.1 Å². The SMILES string of the molecule is CN1CC=C(c2ccc3cc(O)c(N4CC(=O)NS4(=O)=O)c(F)c3c2)CC1. The van der Waals surface area contributed by atoms with Gasteiger partial charge in [0.1, 0.15) is 18.0 Å². The summed E-state index contributed by atoms with van der Waals surface area (Å²) >= 11 is 0. The van der Waals surface area contributed by atoms with Crippen LogP contribution in [-0.2, 0) is 15.0 Å². The van der Waals surface area contributed by atoms with Gasteiger partial charge in [0.25, 0.3) is 5.91 Å². The minimum absolute atomic E-state index is 0.190. The molecule has 0 spiro atoms. The zero-order valence-electron chi connectivity index (χ0n) is 14.6. The van der Waals surface area contributed by atoms with Crippen LogP contribution in [0.2, 0.25) is 0 Å². The van der Waals surface area contributed by atoms with Gasteiger partial charge in [-0.3, -0.25) is 4.79 Å². The molecule has 2 N–H and O–H groups in total. The number of aromatic hydroxyl groups is 1. The van der Waals surface area contributed by atoms with Crippen molar-refractivity contribution in [3.05, 3.63) is 41.7 Å². The zero-order chi connectivity index (χ0) is 19.3. The fourth-order valence-corrected chi connectivity index (χ4v) is 4.61. The number of benzene rings is 2. The quantitative estimate of drug-likeness (QED) is 0.811. The number of carbonyl (C=O) groups is 1. The molecule has 1 fully saturated rings. The number of hydrogen-bond acceptors (Lipinski definition) is 5. The number of likely N-dealkylation sites (N-methyl/N-ethyl adjacent to an activating group) is 1. The Balaban J connectivity index is 1.86. The summed E-state index contributed by atoms with van der Waals surface area (Å²) in [4.78, 5) is 13.6. The second kappa shape index (κ2) is 6.21. The fourth-order valence-electron chi connectivity index (χ4n) is 3.44. The normalized spacial score (nSPS) is 20.0. The van der Waals surface area contributed by atoms with E-state index in [0.717, 1.165) is 30.6 Å². The molecule has 0 bridgehead atoms. The summed E-state index contributed by atoms with van der Waals surface area (Å²) in [5.41, 5.74) is 1.43. The van der Waals surface area contributed by atoms with E-state index in [4.69, 9.17) is 0 Å². The Bertz CT molecular complexity index is 1100. The molecular weight excluding hydrogens is 373 g/mol. The minimum atomic E-state index is -4.22. The molecule has 0 radical (unpaired) electrons. The Morgan fingerprint density at radius 1 is 1.26 bits per heavy atom. The first kappa shape index (κ1) is 17.7. The molecular formula is C18H18FN3O4S. The lowest BCUT2D eigenvalue weighted by Gasteiger charge is -2.22. The number of anilines is 1. The summed E-state index contributed by atoms with van der Waals surface area (Å²) in [6.45, 7) is 1.12. The first-order valence-corrected chi connectivity index (χ1v) is 9.87. The Kier molecular flexibility index (Phi) is 4.08. The number of carbonyl (C=O) groups excluding carboxylic acids is 1. The van der Waals surface area contributed by atoms with Crippen molar-refractivity contribution in [1.82, 2.24) is 9.62 Å². The van der Waals surface area contributed by atoms with Crippen LogP contribution in [0.1, 0.15) is 12.0 Å². The van der Waals surface area contributed by atoms with Gasteiger partial charge in [-0.1, -0.05) is 18.2 Å². The average Bonchev–Trinajstić information content (AvgIpc) is 2.88. The molecule has 9 heteroatoms. The van der Waals surface area contributed by atoms with Crippen molar-refractivity contribution in [3.63, 3.8) is 0 Å². The van der Waals surface area contributed by atoms with Crippen LogP contribution in [0, 0.1) is 5.82 Å². The van der Waals surface area contributed by atoms with Gasteiger partial charge in [0.2, 0.25) is 0 Å². The molecule has 2 heterocycles. The van der Waals surface area contributed by atoms with Gasteiger partial charge in [-0.15, -0.1) is 0 Å². The predicted octanol–water partition coefficient (Wildman–Crippen LogP) is 1.58. The second-order valence-electron chi connectivity index (χ2n) is 6.77. The van der Waals surface area contributed by atoms with E-state index < -0.39 is 39.9 Å². The molecule has 2 aromatic rings. The number of phenols is 1. The Morgan fingerprint density at radius 3 is 2.67 bits per heavy atom. The van der Waals surface area contributed by atoms with Gasteiger partial charge in [-0.05, 0) is 42.1 Å². The third-order valence-corrected chi connectivity index (χ3v) is 6.26. The van der Waals surface area contributed by atoms with Crippen LogP contribution in [0.3, 0.4) is 0 Å². The summed E-state index contributed by atoms with van der Waals surface area (Å²) in [5.74, 6) is -2.19. The van der Waals surface area contributed by atoms with E-state index in [1.165, 1.54) is 6.07 Å². The highest BCUT2D eigenvalue weighted by molar-refractivity contribution is 7.92. The molecule has 142 valence electrons. The molecule has 0 aromatic heterocycles. The molecule has 2 aliphatic heterocycles. The summed E-state index contributed by atoms with van der Waals surface area (Å²) < 4.78 is 41.7. The third-order valence-electron chi connectivity index (χ3n) is 4.89. The van der Waals surface area contributed by atoms with Crippen LogP contribution >= 0.6 is 0 Å². The van der Waals surface area contributed by atoms with Gasteiger partial charge in [0.05, 0.1) is 0 Å². The van der Waals surface area contributed by atoms with Crippen molar-refractivity contribution in [1.29, 1.82) is 0 Å². The fraction of sp³-hybridized carbons (Fsp3) is 0.278. The second-order valence-corrected chi connectivity index (χ2v) is 8.37. The van der Waals surface area contributed by atoms with Gasteiger partial charge >= 0.3 is 10.2 Å². The summed E-state index contributed by atoms with van der Waals surface area (Å²) in [6.07, 6.45) is 2.91. The summed E-state index contributed by atoms with van der Waals surface area (Å²) in [6, 6.07) is 6.51. The largest absolute Gasteiger partial charge is 0.506 e. The predicted molar refractivity (Wildman–Crippen MR) is 100 cm³/mol. The van der Waals surface area contributed by atoms with Gasteiger partial charge in [0, 0.05) is 18.5 Å². The third kappa shape index (κ3) is 3.02. The van der Waals surface area contributed by atoms with E-state index in [9.17, 15) is 18.3 Å². The van der Waals surface area contributed by atoms with Crippen LogP contribution in [-0.4, -0.2) is 51.0 Å². The van der Waals surface area contributed by atoms with E-state index in [1.807, 2.05) is 13.1 Å². The maximum absolute atomic E-state index is 15.2. The molecule has 2 aliphatic rings. The van der Waals surface area contributed by atoms with E-state index in [1.54, 1.807) is 16.9 Å². The minimum Gasteiger partial charge on any atom is -0.506 e. The van der Waals surface area contributed by atoms with Gasteiger partial charge in [-0.25, -0.2) is 13.4 Å². The van der Waals surface area contributed by atoms with E-state index in [2.05, 4.69) is 11.0 Å². The number of nitrogens with one attached hydrogen (secondary N) is 1. The number of rotatable bonds is 2. The number of amides is 1. The number of phenolic OH excluding ortho intramolecular Hbond substituents is 1. The monoisotopic (exact) mass is 391 g/mol. The number of halogens is 1. The molecule has 1 amide bonds. The zero-order valence-corrected chi connectivity index (χ0v) is 15.4. The highest BCUT2D eigenvalue weighted by Crippen LogP contribution is 2.39. The smallest absolute Gasteiger partial charge is 0.326 e. The molecule has 0 aliphatic carbocycles. The number of nitrogens with zero attached hydrogens (tertiary/aromatic N) is 2. The van der Waals surface area contributed by atoms with Crippen LogP contribution in [0.15, 0.2) is 30.3 Å². The number of fused-ring (bicyclic) bond motifs is 1. The van der Waals surface area contributed by atoms with Crippen molar-refractivity contribution in [2.24, 2.45) is 0 Å². The van der Waals surface area contributed by atoms with Crippen molar-refractivity contribution in [2.45, 2.75) is 6.42 Å². The summed E-state index contributed by atoms with van der Waals surface area (Å²) in [7, 11) is -2.20. The van der Waals surface area contributed by atoms with Gasteiger partial charge in [-0.2, -0.15) is 8.42 Å².